The molecule has 3 rings (SSSR count). The van der Waals surface area contributed by atoms with Gasteiger partial charge in [-0.3, -0.25) is 4.79 Å². The van der Waals surface area contributed by atoms with Crippen molar-refractivity contribution >= 4 is 17.3 Å². The topological polar surface area (TPSA) is 55.1 Å². The minimum Gasteiger partial charge on any atom is -0.397 e. The molecule has 0 spiro atoms. The molecule has 2 aromatic rings. The number of aryl methyl sites for hydroxylation is 1. The van der Waals surface area contributed by atoms with Crippen LogP contribution in [0.15, 0.2) is 42.5 Å². The summed E-state index contributed by atoms with van der Waals surface area (Å²) < 4.78 is 0. The van der Waals surface area contributed by atoms with Crippen LogP contribution in [0.4, 0.5) is 11.4 Å². The molecular weight excluding hydrogens is 248 g/mol. The summed E-state index contributed by atoms with van der Waals surface area (Å²) in [6.07, 6.45) is 4.43. The molecule has 0 heterocycles. The number of fused-ring (bicyclic) bond motifs is 1. The first-order chi connectivity index (χ1) is 9.75. The van der Waals surface area contributed by atoms with E-state index in [9.17, 15) is 4.79 Å². The van der Waals surface area contributed by atoms with Gasteiger partial charge in [-0.05, 0) is 55.0 Å². The Hall–Kier alpha value is -2.29. The van der Waals surface area contributed by atoms with Crippen LogP contribution in [0.1, 0.15) is 34.3 Å². The highest BCUT2D eigenvalue weighted by atomic mass is 16.1. The Bertz CT molecular complexity index is 649. The highest BCUT2D eigenvalue weighted by molar-refractivity contribution is 6.06. The first-order valence-electron chi connectivity index (χ1n) is 7.02. The third-order valence-electron chi connectivity index (χ3n) is 3.85. The number of carbonyl (C=O) groups is 1. The summed E-state index contributed by atoms with van der Waals surface area (Å²) in [7, 11) is 0. The Morgan fingerprint density at radius 2 is 1.80 bits per heavy atom. The van der Waals surface area contributed by atoms with Gasteiger partial charge in [0.15, 0.2) is 0 Å². The van der Waals surface area contributed by atoms with Gasteiger partial charge in [0.05, 0.1) is 11.4 Å². The average Bonchev–Trinajstić information content (AvgIpc) is 2.49. The summed E-state index contributed by atoms with van der Waals surface area (Å²) >= 11 is 0. The number of amides is 1. The Morgan fingerprint density at radius 3 is 2.65 bits per heavy atom. The van der Waals surface area contributed by atoms with Gasteiger partial charge in [-0.25, -0.2) is 0 Å². The van der Waals surface area contributed by atoms with Crippen molar-refractivity contribution in [2.45, 2.75) is 25.7 Å². The van der Waals surface area contributed by atoms with E-state index in [-0.39, 0.29) is 5.91 Å². The van der Waals surface area contributed by atoms with E-state index in [0.29, 0.717) is 11.4 Å². The van der Waals surface area contributed by atoms with Crippen molar-refractivity contribution in [3.8, 4) is 0 Å². The second-order valence-corrected chi connectivity index (χ2v) is 5.19. The van der Waals surface area contributed by atoms with Gasteiger partial charge in [-0.15, -0.1) is 0 Å². The molecule has 1 aliphatic rings. The van der Waals surface area contributed by atoms with Gasteiger partial charge in [-0.2, -0.15) is 0 Å². The summed E-state index contributed by atoms with van der Waals surface area (Å²) in [6, 6.07) is 13.3. The SMILES string of the molecule is Nc1ccccc1NC(=O)c1cccc2c1CCCC2. The quantitative estimate of drug-likeness (QED) is 0.818. The summed E-state index contributed by atoms with van der Waals surface area (Å²) in [4.78, 5) is 12.5. The monoisotopic (exact) mass is 266 g/mol. The smallest absolute Gasteiger partial charge is 0.256 e. The number of hydrogen-bond acceptors (Lipinski definition) is 2. The zero-order chi connectivity index (χ0) is 13.9. The predicted molar refractivity (Wildman–Crippen MR) is 81.9 cm³/mol. The van der Waals surface area contributed by atoms with Gasteiger partial charge in [-0.1, -0.05) is 24.3 Å². The van der Waals surface area contributed by atoms with Crippen molar-refractivity contribution in [3.63, 3.8) is 0 Å². The lowest BCUT2D eigenvalue weighted by molar-refractivity contribution is 0.102. The normalized spacial score (nSPS) is 13.6. The standard InChI is InChI=1S/C17H18N2O/c18-15-10-3-4-11-16(15)19-17(20)14-9-5-7-12-6-1-2-8-13(12)14/h3-5,7,9-11H,1-2,6,8,18H2,(H,19,20). The van der Waals surface area contributed by atoms with Gasteiger partial charge in [0, 0.05) is 5.56 Å². The number of para-hydroxylation sites is 2. The summed E-state index contributed by atoms with van der Waals surface area (Å²) in [5, 5.41) is 2.91. The molecule has 0 unspecified atom stereocenters. The van der Waals surface area contributed by atoms with Gasteiger partial charge >= 0.3 is 0 Å². The summed E-state index contributed by atoms with van der Waals surface area (Å²) in [6.45, 7) is 0. The van der Waals surface area contributed by atoms with Crippen molar-refractivity contribution in [1.82, 2.24) is 0 Å². The van der Waals surface area contributed by atoms with Crippen LogP contribution in [0.5, 0.6) is 0 Å². The molecule has 3 N–H and O–H groups in total. The second kappa shape index (κ2) is 5.37. The summed E-state index contributed by atoms with van der Waals surface area (Å²) in [5.74, 6) is -0.0679. The predicted octanol–water partition coefficient (Wildman–Crippen LogP) is 3.40. The van der Waals surface area contributed by atoms with Crippen LogP contribution < -0.4 is 11.1 Å². The number of anilines is 2. The van der Waals surface area contributed by atoms with Crippen molar-refractivity contribution in [1.29, 1.82) is 0 Å². The first kappa shape index (κ1) is 12.7. The molecule has 1 aliphatic carbocycles. The van der Waals surface area contributed by atoms with E-state index < -0.39 is 0 Å². The number of hydrogen-bond donors (Lipinski definition) is 2. The molecule has 0 radical (unpaired) electrons. The van der Waals surface area contributed by atoms with E-state index in [0.717, 1.165) is 24.8 Å². The molecule has 3 heteroatoms. The maximum Gasteiger partial charge on any atom is 0.256 e. The molecule has 3 nitrogen and oxygen atoms in total. The van der Waals surface area contributed by atoms with Crippen molar-refractivity contribution in [3.05, 3.63) is 59.2 Å². The van der Waals surface area contributed by atoms with E-state index in [1.54, 1.807) is 6.07 Å². The fourth-order valence-electron chi connectivity index (χ4n) is 2.79. The van der Waals surface area contributed by atoms with Crippen LogP contribution in [-0.4, -0.2) is 5.91 Å². The average molecular weight is 266 g/mol. The molecule has 0 saturated heterocycles. The zero-order valence-electron chi connectivity index (χ0n) is 11.4. The molecule has 20 heavy (non-hydrogen) atoms. The highest BCUT2D eigenvalue weighted by Crippen LogP contribution is 2.26. The van der Waals surface area contributed by atoms with Crippen LogP contribution in [-0.2, 0) is 12.8 Å². The van der Waals surface area contributed by atoms with E-state index >= 15 is 0 Å². The molecule has 0 saturated carbocycles. The Morgan fingerprint density at radius 1 is 1.00 bits per heavy atom. The lowest BCUT2D eigenvalue weighted by Gasteiger charge is -2.19. The molecule has 0 atom stereocenters. The van der Waals surface area contributed by atoms with Crippen LogP contribution in [0.3, 0.4) is 0 Å². The van der Waals surface area contributed by atoms with Gasteiger partial charge in [0.25, 0.3) is 5.91 Å². The van der Waals surface area contributed by atoms with E-state index in [2.05, 4.69) is 11.4 Å². The van der Waals surface area contributed by atoms with Crippen LogP contribution in [0, 0.1) is 0 Å². The van der Waals surface area contributed by atoms with Gasteiger partial charge in [0.1, 0.15) is 0 Å². The van der Waals surface area contributed by atoms with E-state index in [4.69, 9.17) is 5.73 Å². The van der Waals surface area contributed by atoms with E-state index in [1.165, 1.54) is 17.5 Å². The number of nitrogens with one attached hydrogen (secondary N) is 1. The highest BCUT2D eigenvalue weighted by Gasteiger charge is 2.17. The molecule has 2 aromatic carbocycles. The second-order valence-electron chi connectivity index (χ2n) is 5.19. The Labute approximate surface area is 118 Å². The number of carbonyl (C=O) groups excluding carboxylic acids is 1. The zero-order valence-corrected chi connectivity index (χ0v) is 11.4. The molecule has 102 valence electrons. The van der Waals surface area contributed by atoms with Crippen LogP contribution >= 0.6 is 0 Å². The third kappa shape index (κ3) is 2.39. The fourth-order valence-corrected chi connectivity index (χ4v) is 2.79. The minimum absolute atomic E-state index is 0.0679. The fraction of sp³-hybridized carbons (Fsp3) is 0.235. The molecular formula is C17H18N2O. The van der Waals surface area contributed by atoms with Crippen LogP contribution in [0.25, 0.3) is 0 Å². The minimum atomic E-state index is -0.0679. The molecule has 1 amide bonds. The Balaban J connectivity index is 1.90. The molecule has 0 bridgehead atoms. The molecule has 0 aromatic heterocycles. The Kier molecular flexibility index (Phi) is 3.42. The van der Waals surface area contributed by atoms with Gasteiger partial charge < -0.3 is 11.1 Å². The van der Waals surface area contributed by atoms with Crippen LogP contribution in [0.2, 0.25) is 0 Å². The van der Waals surface area contributed by atoms with Gasteiger partial charge in [0.2, 0.25) is 0 Å². The number of nitrogen functional groups attached to an aromatic ring is 1. The summed E-state index contributed by atoms with van der Waals surface area (Å²) in [5.41, 5.74) is 10.4. The van der Waals surface area contributed by atoms with E-state index in [1.807, 2.05) is 30.3 Å². The van der Waals surface area contributed by atoms with Crippen molar-refractivity contribution in [2.75, 3.05) is 11.1 Å². The number of benzene rings is 2. The van der Waals surface area contributed by atoms with Crippen molar-refractivity contribution in [2.24, 2.45) is 0 Å². The lowest BCUT2D eigenvalue weighted by Crippen LogP contribution is -2.17. The number of rotatable bonds is 2. The largest absolute Gasteiger partial charge is 0.397 e. The maximum absolute atomic E-state index is 12.5. The molecule has 0 aliphatic heterocycles. The molecule has 0 fully saturated rings. The number of nitrogens with two attached hydrogens (primary N) is 1. The van der Waals surface area contributed by atoms with Crippen molar-refractivity contribution < 1.29 is 4.79 Å². The maximum atomic E-state index is 12.5. The first-order valence-corrected chi connectivity index (χ1v) is 7.02. The third-order valence-corrected chi connectivity index (χ3v) is 3.85. The lowest BCUT2D eigenvalue weighted by atomic mass is 9.88.